The Morgan fingerprint density at radius 3 is 2.38 bits per heavy atom. The highest BCUT2D eigenvalue weighted by Gasteiger charge is 2.60. The van der Waals surface area contributed by atoms with Crippen LogP contribution < -0.4 is 19.4 Å². The molecule has 0 aromatic heterocycles. The molecule has 39 heavy (non-hydrogen) atoms. The summed E-state index contributed by atoms with van der Waals surface area (Å²) in [6.07, 6.45) is -1.18. The molecule has 2 aliphatic rings. The molecule has 0 radical (unpaired) electrons. The summed E-state index contributed by atoms with van der Waals surface area (Å²) in [4.78, 5) is 45.5. The Bertz CT molecular complexity index is 1450. The number of nitro benzene ring substituents is 1. The van der Waals surface area contributed by atoms with Crippen LogP contribution in [-0.4, -0.2) is 41.2 Å². The number of phenols is 1. The lowest BCUT2D eigenvalue weighted by molar-refractivity contribution is -0.384. The number of nitro groups is 1. The van der Waals surface area contributed by atoms with Crippen molar-refractivity contribution in [3.8, 4) is 17.2 Å². The molecule has 0 unspecified atom stereocenters. The van der Waals surface area contributed by atoms with Crippen molar-refractivity contribution in [3.63, 3.8) is 0 Å². The SMILES string of the molecule is CCOc1ccc(N2C(=O)[C@H]3[C@@H](ON(c4cccc([N+](=O)[O-])c4)[C@H]3c3cc(Br)c(O)c(OCC)c3)C2=O)cc1. The Morgan fingerprint density at radius 2 is 1.72 bits per heavy atom. The molecule has 2 aliphatic heterocycles. The number of amides is 2. The molecule has 3 atom stereocenters. The Balaban J connectivity index is 1.60. The number of aromatic hydroxyl groups is 1. The number of rotatable bonds is 8. The van der Waals surface area contributed by atoms with Gasteiger partial charge in [-0.1, -0.05) is 6.07 Å². The number of hydrogen-bond acceptors (Lipinski definition) is 9. The van der Waals surface area contributed by atoms with E-state index in [4.69, 9.17) is 14.3 Å². The van der Waals surface area contributed by atoms with Crippen molar-refractivity contribution < 1.29 is 33.9 Å². The highest BCUT2D eigenvalue weighted by atomic mass is 79.9. The minimum Gasteiger partial charge on any atom is -0.503 e. The number of phenolic OH excluding ortho intramolecular Hbond substituents is 1. The molecular formula is C27H24BrN3O8. The van der Waals surface area contributed by atoms with Crippen LogP contribution in [-0.2, 0) is 14.4 Å². The maximum absolute atomic E-state index is 13.9. The van der Waals surface area contributed by atoms with E-state index in [1.54, 1.807) is 49.4 Å². The summed E-state index contributed by atoms with van der Waals surface area (Å²) in [5.41, 5.74) is 0.979. The second kappa shape index (κ2) is 10.5. The van der Waals surface area contributed by atoms with Crippen LogP contribution in [0.15, 0.2) is 65.1 Å². The summed E-state index contributed by atoms with van der Waals surface area (Å²) >= 11 is 3.34. The highest BCUT2D eigenvalue weighted by molar-refractivity contribution is 9.10. The van der Waals surface area contributed by atoms with Gasteiger partial charge in [-0.3, -0.25) is 24.5 Å². The highest BCUT2D eigenvalue weighted by Crippen LogP contribution is 2.50. The third-order valence-electron chi connectivity index (χ3n) is 6.51. The lowest BCUT2D eigenvalue weighted by atomic mass is 9.90. The van der Waals surface area contributed by atoms with Crippen molar-refractivity contribution in [1.82, 2.24) is 0 Å². The van der Waals surface area contributed by atoms with Crippen molar-refractivity contribution >= 4 is 44.8 Å². The van der Waals surface area contributed by atoms with Gasteiger partial charge in [0.15, 0.2) is 17.6 Å². The zero-order chi connectivity index (χ0) is 27.8. The summed E-state index contributed by atoms with van der Waals surface area (Å²) in [6, 6.07) is 14.6. The number of non-ortho nitro benzene ring substituents is 1. The largest absolute Gasteiger partial charge is 0.503 e. The Kier molecular flexibility index (Phi) is 7.15. The van der Waals surface area contributed by atoms with Gasteiger partial charge in [0, 0.05) is 12.1 Å². The molecule has 0 saturated carbocycles. The molecule has 0 aliphatic carbocycles. The fourth-order valence-corrected chi connectivity index (χ4v) is 5.32. The maximum atomic E-state index is 13.9. The summed E-state index contributed by atoms with van der Waals surface area (Å²) < 4.78 is 11.4. The van der Waals surface area contributed by atoms with Crippen LogP contribution in [0, 0.1) is 16.0 Å². The number of halogens is 1. The van der Waals surface area contributed by atoms with Gasteiger partial charge >= 0.3 is 0 Å². The van der Waals surface area contributed by atoms with Crippen molar-refractivity contribution in [2.45, 2.75) is 26.0 Å². The third kappa shape index (κ3) is 4.66. The number of carbonyl (C=O) groups excluding carboxylic acids is 2. The van der Waals surface area contributed by atoms with Crippen molar-refractivity contribution in [2.75, 3.05) is 23.2 Å². The van der Waals surface area contributed by atoms with Crippen LogP contribution in [0.25, 0.3) is 0 Å². The minimum absolute atomic E-state index is 0.122. The molecule has 2 amide bonds. The molecule has 202 valence electrons. The van der Waals surface area contributed by atoms with E-state index in [-0.39, 0.29) is 23.8 Å². The first kappa shape index (κ1) is 26.4. The van der Waals surface area contributed by atoms with E-state index in [9.17, 15) is 24.8 Å². The van der Waals surface area contributed by atoms with Gasteiger partial charge < -0.3 is 14.6 Å². The van der Waals surface area contributed by atoms with Gasteiger partial charge in [-0.15, -0.1) is 0 Å². The molecule has 0 bridgehead atoms. The van der Waals surface area contributed by atoms with Gasteiger partial charge in [0.05, 0.1) is 40.0 Å². The van der Waals surface area contributed by atoms with Crippen LogP contribution in [0.3, 0.4) is 0 Å². The average Bonchev–Trinajstić information content (AvgIpc) is 3.43. The van der Waals surface area contributed by atoms with Gasteiger partial charge in [0.25, 0.3) is 11.6 Å². The molecule has 3 aromatic rings. The lowest BCUT2D eigenvalue weighted by Crippen LogP contribution is -2.37. The zero-order valence-corrected chi connectivity index (χ0v) is 22.5. The van der Waals surface area contributed by atoms with Crippen LogP contribution in [0.1, 0.15) is 25.5 Å². The van der Waals surface area contributed by atoms with E-state index < -0.39 is 34.8 Å². The number of carbonyl (C=O) groups is 2. The molecule has 12 heteroatoms. The molecule has 2 heterocycles. The number of fused-ring (bicyclic) bond motifs is 1. The monoisotopic (exact) mass is 597 g/mol. The molecule has 2 saturated heterocycles. The Labute approximate surface area is 231 Å². The average molecular weight is 598 g/mol. The Morgan fingerprint density at radius 1 is 1.00 bits per heavy atom. The quantitative estimate of drug-likeness (QED) is 0.218. The first-order valence-electron chi connectivity index (χ1n) is 12.2. The van der Waals surface area contributed by atoms with E-state index in [1.807, 2.05) is 6.92 Å². The van der Waals surface area contributed by atoms with Gasteiger partial charge in [-0.25, -0.2) is 9.96 Å². The van der Waals surface area contributed by atoms with E-state index in [1.165, 1.54) is 23.3 Å². The molecule has 5 rings (SSSR count). The number of ether oxygens (including phenoxy) is 2. The van der Waals surface area contributed by atoms with Crippen molar-refractivity contribution in [1.29, 1.82) is 0 Å². The van der Waals surface area contributed by atoms with E-state index >= 15 is 0 Å². The topological polar surface area (TPSA) is 132 Å². The van der Waals surface area contributed by atoms with E-state index in [2.05, 4.69) is 15.9 Å². The molecule has 11 nitrogen and oxygen atoms in total. The Hall–Kier alpha value is -4.16. The van der Waals surface area contributed by atoms with Crippen LogP contribution >= 0.6 is 15.9 Å². The summed E-state index contributed by atoms with van der Waals surface area (Å²) in [6.45, 7) is 4.36. The number of imide groups is 1. The molecule has 2 fully saturated rings. The van der Waals surface area contributed by atoms with E-state index in [0.717, 1.165) is 4.90 Å². The second-order valence-corrected chi connectivity index (χ2v) is 9.68. The normalized spacial score (nSPS) is 20.3. The van der Waals surface area contributed by atoms with E-state index in [0.29, 0.717) is 33.8 Å². The molecule has 3 aromatic carbocycles. The predicted molar refractivity (Wildman–Crippen MR) is 144 cm³/mol. The number of nitrogens with zero attached hydrogens (tertiary/aromatic N) is 3. The lowest BCUT2D eigenvalue weighted by Gasteiger charge is -2.29. The van der Waals surface area contributed by atoms with Gasteiger partial charge in [0.2, 0.25) is 5.91 Å². The summed E-state index contributed by atoms with van der Waals surface area (Å²) in [5.74, 6) is -1.39. The van der Waals surface area contributed by atoms with Gasteiger partial charge in [0.1, 0.15) is 11.7 Å². The van der Waals surface area contributed by atoms with Gasteiger partial charge in [-0.05, 0) is 77.8 Å². The standard InChI is InChI=1S/C27H24BrN3O8/c1-3-37-19-10-8-16(9-11-19)29-26(33)22-23(15-12-20(28)24(32)21(13-15)38-4-2)30(39-25(22)27(29)34)17-6-5-7-18(14-17)31(35)36/h5-14,22-23,25,32H,3-4H2,1-2H3/t22-,23+,25-/m1/s1. The van der Waals surface area contributed by atoms with Crippen molar-refractivity contribution in [2.24, 2.45) is 5.92 Å². The zero-order valence-electron chi connectivity index (χ0n) is 20.9. The predicted octanol–water partition coefficient (Wildman–Crippen LogP) is 4.91. The summed E-state index contributed by atoms with van der Waals surface area (Å²) in [7, 11) is 0. The first-order valence-corrected chi connectivity index (χ1v) is 13.0. The minimum atomic E-state index is -1.18. The maximum Gasteiger partial charge on any atom is 0.271 e. The first-order chi connectivity index (χ1) is 18.7. The number of hydroxylamine groups is 1. The van der Waals surface area contributed by atoms with Crippen molar-refractivity contribution in [3.05, 3.63) is 80.8 Å². The molecule has 0 spiro atoms. The van der Waals surface area contributed by atoms with Gasteiger partial charge in [-0.2, -0.15) is 0 Å². The number of anilines is 2. The second-order valence-electron chi connectivity index (χ2n) is 8.82. The fourth-order valence-electron chi connectivity index (χ4n) is 4.86. The molecule has 1 N–H and O–H groups in total. The fraction of sp³-hybridized carbons (Fsp3) is 0.259. The third-order valence-corrected chi connectivity index (χ3v) is 7.11. The van der Waals surface area contributed by atoms with Crippen LogP contribution in [0.5, 0.6) is 17.2 Å². The summed E-state index contributed by atoms with van der Waals surface area (Å²) in [5, 5.41) is 23.3. The number of benzene rings is 3. The number of hydrogen-bond donors (Lipinski definition) is 1. The molecular weight excluding hydrogens is 574 g/mol. The van der Waals surface area contributed by atoms with Crippen LogP contribution in [0.2, 0.25) is 0 Å². The smallest absolute Gasteiger partial charge is 0.271 e. The van der Waals surface area contributed by atoms with Crippen LogP contribution in [0.4, 0.5) is 17.1 Å².